The van der Waals surface area contributed by atoms with E-state index in [9.17, 15) is 9.59 Å². The lowest BCUT2D eigenvalue weighted by Gasteiger charge is -2.19. The molecule has 1 atom stereocenters. The zero-order valence-corrected chi connectivity index (χ0v) is 5.78. The molecule has 0 aliphatic carbocycles. The molecule has 64 valence electrons. The zero-order valence-electron chi connectivity index (χ0n) is 5.78. The van der Waals surface area contributed by atoms with Crippen LogP contribution in [-0.4, -0.2) is 34.2 Å². The number of hydrogen-bond acceptors (Lipinski definition) is 4. The standard InChI is InChI=1S/C5H10N2O4/c6-2-5(7,4(10)11)1-3(8)9/h1-2,6-7H2,(H,8,9)(H,10,11). The van der Waals surface area contributed by atoms with Gasteiger partial charge in [-0.2, -0.15) is 0 Å². The maximum Gasteiger partial charge on any atom is 0.325 e. The van der Waals surface area contributed by atoms with Gasteiger partial charge in [0.15, 0.2) is 0 Å². The molecule has 0 heterocycles. The highest BCUT2D eigenvalue weighted by molar-refractivity contribution is 5.85. The minimum absolute atomic E-state index is 0.394. The largest absolute Gasteiger partial charge is 0.481 e. The highest BCUT2D eigenvalue weighted by atomic mass is 16.4. The summed E-state index contributed by atoms with van der Waals surface area (Å²) in [6, 6.07) is 0. The number of hydrogen-bond donors (Lipinski definition) is 4. The molecule has 11 heavy (non-hydrogen) atoms. The number of carboxylic acid groups (broad SMARTS) is 2. The summed E-state index contributed by atoms with van der Waals surface area (Å²) in [6.45, 7) is -0.394. The molecule has 6 heteroatoms. The van der Waals surface area contributed by atoms with Gasteiger partial charge in [0.25, 0.3) is 0 Å². The molecule has 0 aromatic carbocycles. The Hall–Kier alpha value is -1.14. The van der Waals surface area contributed by atoms with Crippen LogP contribution >= 0.6 is 0 Å². The van der Waals surface area contributed by atoms with Gasteiger partial charge in [-0.1, -0.05) is 0 Å². The van der Waals surface area contributed by atoms with Gasteiger partial charge in [-0.3, -0.25) is 9.59 Å². The second-order valence-corrected chi connectivity index (χ2v) is 2.24. The Balaban J connectivity index is 4.34. The first-order valence-electron chi connectivity index (χ1n) is 2.86. The van der Waals surface area contributed by atoms with Crippen LogP contribution in [0.4, 0.5) is 0 Å². The topological polar surface area (TPSA) is 127 Å². The third-order valence-electron chi connectivity index (χ3n) is 1.26. The average Bonchev–Trinajstić information content (AvgIpc) is 1.86. The Kier molecular flexibility index (Phi) is 2.97. The van der Waals surface area contributed by atoms with Crippen LogP contribution < -0.4 is 11.5 Å². The molecule has 6 N–H and O–H groups in total. The number of carboxylic acids is 2. The van der Waals surface area contributed by atoms with E-state index < -0.39 is 30.4 Å². The van der Waals surface area contributed by atoms with Gasteiger partial charge in [0.1, 0.15) is 5.54 Å². The van der Waals surface area contributed by atoms with Crippen LogP contribution in [0.3, 0.4) is 0 Å². The number of aliphatic carboxylic acids is 2. The Morgan fingerprint density at radius 3 is 1.91 bits per heavy atom. The summed E-state index contributed by atoms with van der Waals surface area (Å²) in [5.41, 5.74) is 8.28. The van der Waals surface area contributed by atoms with Crippen molar-refractivity contribution >= 4 is 11.9 Å². The van der Waals surface area contributed by atoms with Crippen molar-refractivity contribution in [2.24, 2.45) is 11.5 Å². The molecule has 0 aliphatic rings. The van der Waals surface area contributed by atoms with Crippen LogP contribution in [0.1, 0.15) is 6.42 Å². The van der Waals surface area contributed by atoms with Gasteiger partial charge in [0.2, 0.25) is 0 Å². The van der Waals surface area contributed by atoms with Crippen LogP contribution in [0.15, 0.2) is 0 Å². The van der Waals surface area contributed by atoms with E-state index in [1.165, 1.54) is 0 Å². The smallest absolute Gasteiger partial charge is 0.325 e. The van der Waals surface area contributed by atoms with Crippen LogP contribution in [0.5, 0.6) is 0 Å². The predicted octanol–water partition coefficient (Wildman–Crippen LogP) is -1.80. The van der Waals surface area contributed by atoms with Gasteiger partial charge in [0, 0.05) is 6.54 Å². The molecule has 1 unspecified atom stereocenters. The molecule has 0 spiro atoms. The molecule has 0 saturated heterocycles. The molecule has 6 nitrogen and oxygen atoms in total. The van der Waals surface area contributed by atoms with Crippen LogP contribution in [0, 0.1) is 0 Å². The highest BCUT2D eigenvalue weighted by Crippen LogP contribution is 2.04. The van der Waals surface area contributed by atoms with E-state index in [4.69, 9.17) is 21.7 Å². The number of rotatable bonds is 4. The Morgan fingerprint density at radius 1 is 1.36 bits per heavy atom. The zero-order chi connectivity index (χ0) is 9.07. The fourth-order valence-electron chi connectivity index (χ4n) is 0.505. The minimum Gasteiger partial charge on any atom is -0.481 e. The first kappa shape index (κ1) is 9.86. The Morgan fingerprint density at radius 2 is 1.82 bits per heavy atom. The first-order chi connectivity index (χ1) is 4.92. The highest BCUT2D eigenvalue weighted by Gasteiger charge is 2.34. The number of nitrogens with two attached hydrogens (primary N) is 2. The summed E-state index contributed by atoms with van der Waals surface area (Å²) < 4.78 is 0. The molecule has 0 aromatic heterocycles. The van der Waals surface area contributed by atoms with Gasteiger partial charge in [-0.05, 0) is 0 Å². The molecule has 0 rings (SSSR count). The second-order valence-electron chi connectivity index (χ2n) is 2.24. The fourth-order valence-corrected chi connectivity index (χ4v) is 0.505. The third kappa shape index (κ3) is 2.52. The van der Waals surface area contributed by atoms with E-state index >= 15 is 0 Å². The van der Waals surface area contributed by atoms with E-state index in [1.54, 1.807) is 0 Å². The number of carbonyl (C=O) groups is 2. The molecular formula is C5H10N2O4. The summed E-state index contributed by atoms with van der Waals surface area (Å²) in [5, 5.41) is 16.6. The average molecular weight is 162 g/mol. The Labute approximate surface area is 62.8 Å². The van der Waals surface area contributed by atoms with E-state index in [1.807, 2.05) is 0 Å². The van der Waals surface area contributed by atoms with Crippen molar-refractivity contribution < 1.29 is 19.8 Å². The maximum absolute atomic E-state index is 10.3. The lowest BCUT2D eigenvalue weighted by molar-refractivity contribution is -0.149. The molecule has 0 saturated carbocycles. The summed E-state index contributed by atoms with van der Waals surface area (Å²) in [6.07, 6.45) is -0.668. The van der Waals surface area contributed by atoms with Crippen molar-refractivity contribution in [2.45, 2.75) is 12.0 Å². The van der Waals surface area contributed by atoms with Crippen molar-refractivity contribution in [3.05, 3.63) is 0 Å². The van der Waals surface area contributed by atoms with Gasteiger partial charge in [-0.15, -0.1) is 0 Å². The minimum atomic E-state index is -1.84. The Bertz CT molecular complexity index is 181. The molecule has 0 radical (unpaired) electrons. The van der Waals surface area contributed by atoms with Crippen LogP contribution in [0.2, 0.25) is 0 Å². The van der Waals surface area contributed by atoms with Crippen LogP contribution in [0.25, 0.3) is 0 Å². The van der Waals surface area contributed by atoms with Gasteiger partial charge >= 0.3 is 11.9 Å². The SMILES string of the molecule is NCC(N)(CC(=O)O)C(=O)O. The lowest BCUT2D eigenvalue weighted by atomic mass is 9.97. The van der Waals surface area contributed by atoms with E-state index in [-0.39, 0.29) is 0 Å². The van der Waals surface area contributed by atoms with Crippen molar-refractivity contribution in [1.82, 2.24) is 0 Å². The molecule has 0 aliphatic heterocycles. The fraction of sp³-hybridized carbons (Fsp3) is 0.600. The van der Waals surface area contributed by atoms with Crippen molar-refractivity contribution in [3.63, 3.8) is 0 Å². The molecule has 0 fully saturated rings. The van der Waals surface area contributed by atoms with E-state index in [0.29, 0.717) is 0 Å². The summed E-state index contributed by atoms with van der Waals surface area (Å²) in [5.74, 6) is -2.68. The molecular weight excluding hydrogens is 152 g/mol. The van der Waals surface area contributed by atoms with Gasteiger partial charge in [0.05, 0.1) is 6.42 Å². The lowest BCUT2D eigenvalue weighted by Crippen LogP contribution is -2.55. The molecule has 0 bridgehead atoms. The van der Waals surface area contributed by atoms with Crippen molar-refractivity contribution in [1.29, 1.82) is 0 Å². The quantitative estimate of drug-likeness (QED) is 0.386. The monoisotopic (exact) mass is 162 g/mol. The van der Waals surface area contributed by atoms with Crippen LogP contribution in [-0.2, 0) is 9.59 Å². The van der Waals surface area contributed by atoms with Gasteiger partial charge < -0.3 is 21.7 Å². The first-order valence-corrected chi connectivity index (χ1v) is 2.86. The normalized spacial score (nSPS) is 15.5. The third-order valence-corrected chi connectivity index (χ3v) is 1.26. The summed E-state index contributed by atoms with van der Waals surface area (Å²) in [7, 11) is 0. The van der Waals surface area contributed by atoms with E-state index in [2.05, 4.69) is 0 Å². The molecule has 0 aromatic rings. The van der Waals surface area contributed by atoms with Gasteiger partial charge in [-0.25, -0.2) is 0 Å². The summed E-state index contributed by atoms with van der Waals surface area (Å²) in [4.78, 5) is 20.4. The van der Waals surface area contributed by atoms with Crippen molar-refractivity contribution in [2.75, 3.05) is 6.54 Å². The molecule has 0 amide bonds. The van der Waals surface area contributed by atoms with E-state index in [0.717, 1.165) is 0 Å². The van der Waals surface area contributed by atoms with Crippen molar-refractivity contribution in [3.8, 4) is 0 Å². The second kappa shape index (κ2) is 3.31. The predicted molar refractivity (Wildman–Crippen MR) is 35.9 cm³/mol. The summed E-state index contributed by atoms with van der Waals surface area (Å²) >= 11 is 0. The maximum atomic E-state index is 10.3.